The Balaban J connectivity index is 3.06. The summed E-state index contributed by atoms with van der Waals surface area (Å²) in [7, 11) is 0. The van der Waals surface area contributed by atoms with Crippen molar-refractivity contribution in [2.75, 3.05) is 6.61 Å². The summed E-state index contributed by atoms with van der Waals surface area (Å²) in [6.07, 6.45) is -4.41. The second-order valence-electron chi connectivity index (χ2n) is 2.81. The molecule has 0 saturated carbocycles. The molecule has 0 aromatic heterocycles. The summed E-state index contributed by atoms with van der Waals surface area (Å²) >= 11 is 0. The van der Waals surface area contributed by atoms with E-state index in [9.17, 15) is 13.2 Å². The van der Waals surface area contributed by atoms with Crippen LogP contribution in [0.15, 0.2) is 18.2 Å². The van der Waals surface area contributed by atoms with Crippen LogP contribution in [-0.2, 0) is 12.6 Å². The smallest absolute Gasteiger partial charge is 0.416 e. The second kappa shape index (κ2) is 3.88. The van der Waals surface area contributed by atoms with Crippen molar-refractivity contribution in [1.82, 2.24) is 0 Å². The molecule has 78 valence electrons. The van der Waals surface area contributed by atoms with Crippen molar-refractivity contribution in [3.63, 3.8) is 0 Å². The van der Waals surface area contributed by atoms with Gasteiger partial charge in [0.05, 0.1) is 5.56 Å². The first-order chi connectivity index (χ1) is 6.45. The third-order valence-corrected chi connectivity index (χ3v) is 1.79. The van der Waals surface area contributed by atoms with E-state index in [4.69, 9.17) is 10.2 Å². The summed E-state index contributed by atoms with van der Waals surface area (Å²) in [5, 5.41) is 17.7. The van der Waals surface area contributed by atoms with E-state index in [1.54, 1.807) is 0 Å². The van der Waals surface area contributed by atoms with E-state index in [1.165, 1.54) is 0 Å². The van der Waals surface area contributed by atoms with E-state index in [-0.39, 0.29) is 24.3 Å². The molecule has 0 aliphatic rings. The van der Waals surface area contributed by atoms with Crippen molar-refractivity contribution >= 4 is 0 Å². The van der Waals surface area contributed by atoms with Crippen LogP contribution in [0.5, 0.6) is 5.75 Å². The summed E-state index contributed by atoms with van der Waals surface area (Å²) in [6, 6.07) is 2.62. The molecular formula is C9H9F3O2. The molecule has 14 heavy (non-hydrogen) atoms. The number of hydrogen-bond acceptors (Lipinski definition) is 2. The topological polar surface area (TPSA) is 40.5 Å². The van der Waals surface area contributed by atoms with Crippen LogP contribution in [0.4, 0.5) is 13.2 Å². The molecule has 0 bridgehead atoms. The van der Waals surface area contributed by atoms with Crippen LogP contribution in [0.25, 0.3) is 0 Å². The first-order valence-electron chi connectivity index (χ1n) is 3.95. The van der Waals surface area contributed by atoms with Crippen LogP contribution in [0.3, 0.4) is 0 Å². The molecule has 2 nitrogen and oxygen atoms in total. The van der Waals surface area contributed by atoms with Gasteiger partial charge < -0.3 is 10.2 Å². The molecule has 5 heteroatoms. The monoisotopic (exact) mass is 206 g/mol. The van der Waals surface area contributed by atoms with E-state index in [0.29, 0.717) is 0 Å². The molecule has 0 spiro atoms. The van der Waals surface area contributed by atoms with E-state index in [1.807, 2.05) is 0 Å². The Bertz CT molecular complexity index is 320. The number of hydrogen-bond donors (Lipinski definition) is 2. The van der Waals surface area contributed by atoms with Gasteiger partial charge in [0.1, 0.15) is 5.75 Å². The molecule has 0 aliphatic heterocycles. The van der Waals surface area contributed by atoms with Crippen LogP contribution in [-0.4, -0.2) is 16.8 Å². The van der Waals surface area contributed by atoms with Gasteiger partial charge >= 0.3 is 6.18 Å². The largest absolute Gasteiger partial charge is 0.508 e. The number of alkyl halides is 3. The number of aliphatic hydroxyl groups is 1. The standard InChI is InChI=1S/C9H9F3O2/c10-9(11,12)7-1-2-8(14)6(5-7)3-4-13/h1-2,5,13-14H,3-4H2. The molecule has 2 N–H and O–H groups in total. The van der Waals surface area contributed by atoms with Crippen molar-refractivity contribution in [2.45, 2.75) is 12.6 Å². The zero-order chi connectivity index (χ0) is 10.8. The van der Waals surface area contributed by atoms with Gasteiger partial charge in [-0.1, -0.05) is 0 Å². The molecule has 1 aromatic carbocycles. The molecule has 0 heterocycles. The lowest BCUT2D eigenvalue weighted by molar-refractivity contribution is -0.137. The number of phenolic OH excluding ortho intramolecular Hbond substituents is 1. The third-order valence-electron chi connectivity index (χ3n) is 1.79. The van der Waals surface area contributed by atoms with E-state index >= 15 is 0 Å². The lowest BCUT2D eigenvalue weighted by Gasteiger charge is -2.09. The summed E-state index contributed by atoms with van der Waals surface area (Å²) in [6.45, 7) is -0.297. The van der Waals surface area contributed by atoms with Crippen LogP contribution in [0.2, 0.25) is 0 Å². The van der Waals surface area contributed by atoms with Crippen LogP contribution < -0.4 is 0 Å². The molecule has 0 saturated heterocycles. The fourth-order valence-corrected chi connectivity index (χ4v) is 1.08. The average Bonchev–Trinajstić information content (AvgIpc) is 2.07. The Kier molecular flexibility index (Phi) is 3.00. The fourth-order valence-electron chi connectivity index (χ4n) is 1.08. The predicted octanol–water partition coefficient (Wildman–Crippen LogP) is 1.95. The molecule has 0 atom stereocenters. The summed E-state index contributed by atoms with van der Waals surface area (Å²) in [5.74, 6) is -0.230. The zero-order valence-electron chi connectivity index (χ0n) is 7.17. The molecule has 0 amide bonds. The lowest BCUT2D eigenvalue weighted by atomic mass is 10.1. The summed E-state index contributed by atoms with van der Waals surface area (Å²) in [4.78, 5) is 0. The SMILES string of the molecule is OCCc1cc(C(F)(F)F)ccc1O. The van der Waals surface area contributed by atoms with Crippen LogP contribution >= 0.6 is 0 Å². The van der Waals surface area contributed by atoms with Crippen LogP contribution in [0.1, 0.15) is 11.1 Å². The highest BCUT2D eigenvalue weighted by Crippen LogP contribution is 2.32. The highest BCUT2D eigenvalue weighted by Gasteiger charge is 2.30. The van der Waals surface area contributed by atoms with Gasteiger partial charge in [-0.05, 0) is 30.2 Å². The lowest BCUT2D eigenvalue weighted by Crippen LogP contribution is -2.05. The van der Waals surface area contributed by atoms with E-state index in [2.05, 4.69) is 0 Å². The minimum Gasteiger partial charge on any atom is -0.508 e. The van der Waals surface area contributed by atoms with Crippen LogP contribution in [0, 0.1) is 0 Å². The Labute approximate surface area is 78.6 Å². The van der Waals surface area contributed by atoms with Gasteiger partial charge in [0.15, 0.2) is 0 Å². The molecular weight excluding hydrogens is 197 g/mol. The highest BCUT2D eigenvalue weighted by molar-refractivity contribution is 5.37. The predicted molar refractivity (Wildman–Crippen MR) is 43.9 cm³/mol. The summed E-state index contributed by atoms with van der Waals surface area (Å²) < 4.78 is 36.6. The quantitative estimate of drug-likeness (QED) is 0.776. The Hall–Kier alpha value is -1.23. The number of phenols is 1. The van der Waals surface area contributed by atoms with E-state index in [0.717, 1.165) is 18.2 Å². The number of aliphatic hydroxyl groups excluding tert-OH is 1. The minimum absolute atomic E-state index is 0.00968. The maximum absolute atomic E-state index is 12.2. The Morgan fingerprint density at radius 2 is 1.86 bits per heavy atom. The third kappa shape index (κ3) is 2.38. The minimum atomic E-state index is -4.42. The first-order valence-corrected chi connectivity index (χ1v) is 3.95. The van der Waals surface area contributed by atoms with Crippen molar-refractivity contribution < 1.29 is 23.4 Å². The van der Waals surface area contributed by atoms with Gasteiger partial charge in [0.25, 0.3) is 0 Å². The second-order valence-corrected chi connectivity index (χ2v) is 2.81. The van der Waals surface area contributed by atoms with Crippen molar-refractivity contribution in [3.05, 3.63) is 29.3 Å². The van der Waals surface area contributed by atoms with Gasteiger partial charge in [-0.3, -0.25) is 0 Å². The fraction of sp³-hybridized carbons (Fsp3) is 0.333. The number of halogens is 3. The van der Waals surface area contributed by atoms with Crippen molar-refractivity contribution in [3.8, 4) is 5.75 Å². The number of aromatic hydroxyl groups is 1. The number of benzene rings is 1. The van der Waals surface area contributed by atoms with E-state index < -0.39 is 11.7 Å². The van der Waals surface area contributed by atoms with Gasteiger partial charge in [-0.2, -0.15) is 13.2 Å². The average molecular weight is 206 g/mol. The molecule has 0 unspecified atom stereocenters. The maximum Gasteiger partial charge on any atom is 0.416 e. The Morgan fingerprint density at radius 1 is 1.21 bits per heavy atom. The van der Waals surface area contributed by atoms with Gasteiger partial charge in [-0.25, -0.2) is 0 Å². The Morgan fingerprint density at radius 3 is 2.36 bits per heavy atom. The van der Waals surface area contributed by atoms with Crippen molar-refractivity contribution in [1.29, 1.82) is 0 Å². The first kappa shape index (κ1) is 10.8. The molecule has 1 aromatic rings. The normalized spacial score (nSPS) is 11.7. The van der Waals surface area contributed by atoms with Gasteiger partial charge in [-0.15, -0.1) is 0 Å². The molecule has 1 rings (SSSR count). The molecule has 0 radical (unpaired) electrons. The van der Waals surface area contributed by atoms with Crippen molar-refractivity contribution in [2.24, 2.45) is 0 Å². The number of rotatable bonds is 2. The summed E-state index contributed by atoms with van der Waals surface area (Å²) in [5.41, 5.74) is -0.721. The highest BCUT2D eigenvalue weighted by atomic mass is 19.4. The van der Waals surface area contributed by atoms with Gasteiger partial charge in [0.2, 0.25) is 0 Å². The zero-order valence-corrected chi connectivity index (χ0v) is 7.17. The molecule has 0 fully saturated rings. The molecule has 0 aliphatic carbocycles. The van der Waals surface area contributed by atoms with Gasteiger partial charge in [0, 0.05) is 6.61 Å². The maximum atomic E-state index is 12.2.